The Labute approximate surface area is 118 Å². The largest absolute Gasteiger partial charge is 0.493 e. The number of amides is 1. The number of hydrogen-bond acceptors (Lipinski definition) is 5. The van der Waals surface area contributed by atoms with E-state index in [1.165, 1.54) is 6.21 Å². The van der Waals surface area contributed by atoms with E-state index in [2.05, 4.69) is 15.3 Å². The number of carbonyl (C=O) groups is 1. The summed E-state index contributed by atoms with van der Waals surface area (Å²) in [5, 5.41) is 3.78. The number of ether oxygens (including phenoxy) is 3. The van der Waals surface area contributed by atoms with E-state index in [9.17, 15) is 4.79 Å². The van der Waals surface area contributed by atoms with Gasteiger partial charge in [-0.2, -0.15) is 5.10 Å². The summed E-state index contributed by atoms with van der Waals surface area (Å²) in [6.07, 6.45) is 1.84. The zero-order chi connectivity index (χ0) is 14.8. The summed E-state index contributed by atoms with van der Waals surface area (Å²) >= 11 is 0. The van der Waals surface area contributed by atoms with E-state index >= 15 is 0 Å². The maximum atomic E-state index is 11.0. The highest BCUT2D eigenvalue weighted by molar-refractivity contribution is 5.82. The molecule has 6 heteroatoms. The molecule has 0 aromatic heterocycles. The van der Waals surface area contributed by atoms with Gasteiger partial charge in [-0.1, -0.05) is 6.92 Å². The number of methoxy groups -OCH3 is 1. The van der Waals surface area contributed by atoms with Gasteiger partial charge >= 0.3 is 6.09 Å². The maximum Gasteiger partial charge on any atom is 0.427 e. The minimum atomic E-state index is -0.585. The van der Waals surface area contributed by atoms with Crippen LogP contribution < -0.4 is 14.9 Å². The Hall–Kier alpha value is -2.24. The molecule has 1 aromatic rings. The minimum absolute atomic E-state index is 0.304. The van der Waals surface area contributed by atoms with E-state index < -0.39 is 6.09 Å². The van der Waals surface area contributed by atoms with Crippen LogP contribution in [0.2, 0.25) is 0 Å². The van der Waals surface area contributed by atoms with Crippen LogP contribution in [0.25, 0.3) is 0 Å². The Kier molecular flexibility index (Phi) is 6.95. The number of hydrazone groups is 1. The summed E-state index contributed by atoms with van der Waals surface area (Å²) in [6.45, 7) is 4.70. The van der Waals surface area contributed by atoms with Crippen molar-refractivity contribution >= 4 is 12.3 Å². The van der Waals surface area contributed by atoms with Crippen LogP contribution in [0.4, 0.5) is 4.79 Å². The van der Waals surface area contributed by atoms with Gasteiger partial charge in [0.15, 0.2) is 11.5 Å². The van der Waals surface area contributed by atoms with E-state index in [1.807, 2.05) is 13.0 Å². The smallest absolute Gasteiger partial charge is 0.427 e. The molecule has 0 heterocycles. The molecule has 0 aliphatic carbocycles. The Morgan fingerprint density at radius 3 is 2.80 bits per heavy atom. The van der Waals surface area contributed by atoms with E-state index in [1.54, 1.807) is 26.2 Å². The lowest BCUT2D eigenvalue weighted by Gasteiger charge is -2.10. The second-order valence-corrected chi connectivity index (χ2v) is 3.85. The van der Waals surface area contributed by atoms with Gasteiger partial charge in [-0.3, -0.25) is 0 Å². The lowest BCUT2D eigenvalue weighted by atomic mass is 10.2. The lowest BCUT2D eigenvalue weighted by molar-refractivity contribution is 0.152. The second kappa shape index (κ2) is 8.79. The lowest BCUT2D eigenvalue weighted by Crippen LogP contribution is -2.18. The number of hydrogen-bond donors (Lipinski definition) is 1. The molecule has 0 aliphatic heterocycles. The predicted molar refractivity (Wildman–Crippen MR) is 76.5 cm³/mol. The van der Waals surface area contributed by atoms with Crippen molar-refractivity contribution in [1.29, 1.82) is 0 Å². The summed E-state index contributed by atoms with van der Waals surface area (Å²) in [5.74, 6) is 1.31. The molecule has 6 nitrogen and oxygen atoms in total. The van der Waals surface area contributed by atoms with Crippen molar-refractivity contribution in [3.63, 3.8) is 0 Å². The van der Waals surface area contributed by atoms with Crippen molar-refractivity contribution in [2.24, 2.45) is 5.10 Å². The van der Waals surface area contributed by atoms with Crippen molar-refractivity contribution in [2.75, 3.05) is 20.3 Å². The highest BCUT2D eigenvalue weighted by atomic mass is 16.5. The number of nitrogens with zero attached hydrogens (tertiary/aromatic N) is 1. The minimum Gasteiger partial charge on any atom is -0.493 e. The predicted octanol–water partition coefficient (Wildman–Crippen LogP) is 2.56. The molecule has 0 fully saturated rings. The standard InChI is InChI=1S/C14H20N2O4/c1-4-8-20-12-7-6-11(9-13(12)18-3)10-15-16-14(17)19-5-2/h6-7,9-10H,4-5,8H2,1-3H3,(H,16,17)/b15-10-. The zero-order valence-corrected chi connectivity index (χ0v) is 12.0. The fourth-order valence-corrected chi connectivity index (χ4v) is 1.42. The van der Waals surface area contributed by atoms with Crippen LogP contribution in [-0.4, -0.2) is 32.6 Å². The number of rotatable bonds is 7. The second-order valence-electron chi connectivity index (χ2n) is 3.85. The van der Waals surface area contributed by atoms with Crippen LogP contribution >= 0.6 is 0 Å². The first-order valence-electron chi connectivity index (χ1n) is 6.47. The highest BCUT2D eigenvalue weighted by Gasteiger charge is 2.04. The van der Waals surface area contributed by atoms with Gasteiger partial charge in [0.1, 0.15) is 0 Å². The first kappa shape index (κ1) is 15.8. The van der Waals surface area contributed by atoms with Crippen LogP contribution in [0.1, 0.15) is 25.8 Å². The number of nitrogens with one attached hydrogen (secondary N) is 1. The molecule has 0 radical (unpaired) electrons. The monoisotopic (exact) mass is 280 g/mol. The average Bonchev–Trinajstić information content (AvgIpc) is 2.46. The molecule has 0 atom stereocenters. The van der Waals surface area contributed by atoms with E-state index in [4.69, 9.17) is 9.47 Å². The molecule has 0 spiro atoms. The molecule has 1 N–H and O–H groups in total. The summed E-state index contributed by atoms with van der Waals surface area (Å²) in [5.41, 5.74) is 3.03. The highest BCUT2D eigenvalue weighted by Crippen LogP contribution is 2.27. The van der Waals surface area contributed by atoms with Crippen LogP contribution in [0, 0.1) is 0 Å². The van der Waals surface area contributed by atoms with Gasteiger partial charge < -0.3 is 14.2 Å². The normalized spacial score (nSPS) is 10.3. The summed E-state index contributed by atoms with van der Waals surface area (Å²) < 4.78 is 15.5. The van der Waals surface area contributed by atoms with E-state index in [0.29, 0.717) is 24.7 Å². The third-order valence-corrected chi connectivity index (χ3v) is 2.29. The van der Waals surface area contributed by atoms with Gasteiger partial charge in [-0.15, -0.1) is 0 Å². The van der Waals surface area contributed by atoms with Crippen molar-refractivity contribution < 1.29 is 19.0 Å². The Morgan fingerprint density at radius 1 is 1.35 bits per heavy atom. The van der Waals surface area contributed by atoms with Crippen molar-refractivity contribution in [2.45, 2.75) is 20.3 Å². The third-order valence-electron chi connectivity index (χ3n) is 2.29. The third kappa shape index (κ3) is 5.17. The van der Waals surface area contributed by atoms with Gasteiger partial charge in [-0.05, 0) is 37.1 Å². The quantitative estimate of drug-likeness (QED) is 0.615. The van der Waals surface area contributed by atoms with E-state index in [0.717, 1.165) is 12.0 Å². The van der Waals surface area contributed by atoms with Crippen LogP contribution in [0.3, 0.4) is 0 Å². The van der Waals surface area contributed by atoms with Crippen molar-refractivity contribution in [3.8, 4) is 11.5 Å². The van der Waals surface area contributed by atoms with Gasteiger partial charge in [0.25, 0.3) is 0 Å². The molecule has 1 amide bonds. The van der Waals surface area contributed by atoms with Gasteiger partial charge in [0.05, 0.1) is 26.5 Å². The van der Waals surface area contributed by atoms with Crippen LogP contribution in [0.15, 0.2) is 23.3 Å². The van der Waals surface area contributed by atoms with Crippen molar-refractivity contribution in [3.05, 3.63) is 23.8 Å². The Balaban J connectivity index is 2.67. The fraction of sp³-hybridized carbons (Fsp3) is 0.429. The molecule has 0 aliphatic rings. The molecular weight excluding hydrogens is 260 g/mol. The number of benzene rings is 1. The molecule has 1 rings (SSSR count). The molecule has 1 aromatic carbocycles. The van der Waals surface area contributed by atoms with Crippen LogP contribution in [0.5, 0.6) is 11.5 Å². The molecule has 0 saturated heterocycles. The molecule has 20 heavy (non-hydrogen) atoms. The first-order valence-corrected chi connectivity index (χ1v) is 6.47. The number of carbonyl (C=O) groups excluding carboxylic acids is 1. The first-order chi connectivity index (χ1) is 9.71. The molecule has 0 unspecified atom stereocenters. The molecular formula is C14H20N2O4. The summed E-state index contributed by atoms with van der Waals surface area (Å²) in [7, 11) is 1.58. The van der Waals surface area contributed by atoms with Crippen molar-refractivity contribution in [1.82, 2.24) is 5.43 Å². The Bertz CT molecular complexity index is 460. The molecule has 110 valence electrons. The average molecular weight is 280 g/mol. The topological polar surface area (TPSA) is 69.2 Å². The summed E-state index contributed by atoms with van der Waals surface area (Å²) in [4.78, 5) is 11.0. The van der Waals surface area contributed by atoms with Gasteiger partial charge in [0, 0.05) is 0 Å². The van der Waals surface area contributed by atoms with Gasteiger partial charge in [0.2, 0.25) is 0 Å². The zero-order valence-electron chi connectivity index (χ0n) is 12.0. The SMILES string of the molecule is CCCOc1ccc(/C=N\NC(=O)OCC)cc1OC. The van der Waals surface area contributed by atoms with Crippen LogP contribution in [-0.2, 0) is 4.74 Å². The Morgan fingerprint density at radius 2 is 2.15 bits per heavy atom. The fourth-order valence-electron chi connectivity index (χ4n) is 1.42. The van der Waals surface area contributed by atoms with Gasteiger partial charge in [-0.25, -0.2) is 10.2 Å². The van der Waals surface area contributed by atoms with E-state index in [-0.39, 0.29) is 0 Å². The summed E-state index contributed by atoms with van der Waals surface area (Å²) in [6, 6.07) is 5.41. The molecule has 0 bridgehead atoms. The maximum absolute atomic E-state index is 11.0. The molecule has 0 saturated carbocycles.